The lowest BCUT2D eigenvalue weighted by atomic mass is 9.93. The molecule has 11 heteroatoms. The van der Waals surface area contributed by atoms with Gasteiger partial charge in [0, 0.05) is 11.8 Å². The normalized spacial score (nSPS) is 20.0. The number of benzene rings is 1. The Balaban J connectivity index is 1.77. The largest absolute Gasteiger partial charge is 0.416 e. The molecule has 1 saturated carbocycles. The monoisotopic (exact) mass is 458 g/mol. The highest BCUT2D eigenvalue weighted by atomic mass is 19.4. The van der Waals surface area contributed by atoms with Crippen molar-refractivity contribution in [3.05, 3.63) is 47.7 Å². The molecule has 2 heterocycles. The number of hydrogen-bond donors (Lipinski definition) is 2. The van der Waals surface area contributed by atoms with E-state index < -0.39 is 36.0 Å². The summed E-state index contributed by atoms with van der Waals surface area (Å²) in [7, 11) is 0. The van der Waals surface area contributed by atoms with Crippen LogP contribution >= 0.6 is 0 Å². The third-order valence-electron chi connectivity index (χ3n) is 5.59. The fraction of sp³-hybridized carbons (Fsp3) is 0.429. The average Bonchev–Trinajstić information content (AvgIpc) is 3.19. The highest BCUT2D eigenvalue weighted by Gasteiger charge is 2.35. The van der Waals surface area contributed by atoms with E-state index in [1.807, 2.05) is 0 Å². The lowest BCUT2D eigenvalue weighted by molar-refractivity contribution is -0.138. The number of hydrogen-bond acceptors (Lipinski definition) is 4. The lowest BCUT2D eigenvalue weighted by Crippen LogP contribution is -2.37. The van der Waals surface area contributed by atoms with Crippen molar-refractivity contribution < 1.29 is 31.4 Å². The number of halogens is 6. The van der Waals surface area contributed by atoms with E-state index in [0.717, 1.165) is 31.4 Å². The summed E-state index contributed by atoms with van der Waals surface area (Å²) in [5, 5.41) is 21.5. The number of alkyl halides is 6. The molecule has 2 atom stereocenters. The molecule has 2 N–H and O–H groups in total. The molecular weight excluding hydrogens is 438 g/mol. The van der Waals surface area contributed by atoms with Crippen molar-refractivity contribution in [1.29, 1.82) is 0 Å². The molecule has 1 aromatic carbocycles. The molecule has 3 aromatic rings. The van der Waals surface area contributed by atoms with Gasteiger partial charge in [-0.05, 0) is 42.7 Å². The molecule has 5 nitrogen and oxygen atoms in total. The topological polar surface area (TPSA) is 62.5 Å². The lowest BCUT2D eigenvalue weighted by Gasteiger charge is -2.28. The Kier molecular flexibility index (Phi) is 5.78. The second kappa shape index (κ2) is 8.27. The van der Waals surface area contributed by atoms with Gasteiger partial charge >= 0.3 is 12.4 Å². The van der Waals surface area contributed by atoms with Crippen LogP contribution in [0.4, 0.5) is 32.3 Å². The van der Waals surface area contributed by atoms with Crippen LogP contribution in [0.1, 0.15) is 36.8 Å². The van der Waals surface area contributed by atoms with E-state index >= 15 is 0 Å². The molecule has 0 amide bonds. The minimum Gasteiger partial charge on any atom is -0.391 e. The summed E-state index contributed by atoms with van der Waals surface area (Å²) in [5.41, 5.74) is -1.35. The van der Waals surface area contributed by atoms with Gasteiger partial charge in [0.1, 0.15) is 5.69 Å². The van der Waals surface area contributed by atoms with E-state index in [1.165, 1.54) is 0 Å². The molecule has 0 spiro atoms. The van der Waals surface area contributed by atoms with Gasteiger partial charge in [0.2, 0.25) is 5.95 Å². The number of aliphatic hydroxyl groups excluding tert-OH is 1. The summed E-state index contributed by atoms with van der Waals surface area (Å²) in [6, 6.07) is 5.23. The maximum absolute atomic E-state index is 13.1. The van der Waals surface area contributed by atoms with Gasteiger partial charge in [-0.1, -0.05) is 18.9 Å². The molecule has 0 radical (unpaired) electrons. The van der Waals surface area contributed by atoms with E-state index in [0.29, 0.717) is 24.0 Å². The van der Waals surface area contributed by atoms with Gasteiger partial charge in [-0.25, -0.2) is 0 Å². The highest BCUT2D eigenvalue weighted by molar-refractivity contribution is 5.80. The van der Waals surface area contributed by atoms with Crippen molar-refractivity contribution in [2.24, 2.45) is 0 Å². The average molecular weight is 458 g/mol. The molecule has 1 aliphatic rings. The summed E-state index contributed by atoms with van der Waals surface area (Å²) in [5.74, 6) is 0.295. The van der Waals surface area contributed by atoms with Gasteiger partial charge < -0.3 is 10.4 Å². The second-order valence-electron chi connectivity index (χ2n) is 7.90. The van der Waals surface area contributed by atoms with Crippen molar-refractivity contribution in [3.63, 3.8) is 0 Å². The molecular formula is C21H20F6N4O. The molecule has 1 fully saturated rings. The fourth-order valence-electron chi connectivity index (χ4n) is 4.05. The first-order valence-electron chi connectivity index (χ1n) is 10.1. The molecule has 0 saturated heterocycles. The second-order valence-corrected chi connectivity index (χ2v) is 7.90. The minimum absolute atomic E-state index is 0.0396. The van der Waals surface area contributed by atoms with E-state index in [1.54, 1.807) is 22.7 Å². The Morgan fingerprint density at radius 3 is 2.47 bits per heavy atom. The Bertz CT molecular complexity index is 1110. The highest BCUT2D eigenvalue weighted by Crippen LogP contribution is 2.37. The van der Waals surface area contributed by atoms with Gasteiger partial charge in [-0.3, -0.25) is 4.40 Å². The van der Waals surface area contributed by atoms with Crippen LogP contribution in [0.25, 0.3) is 16.8 Å². The molecule has 2 aromatic heterocycles. The van der Waals surface area contributed by atoms with Crippen LogP contribution in [0.2, 0.25) is 0 Å². The van der Waals surface area contributed by atoms with Crippen molar-refractivity contribution in [1.82, 2.24) is 14.6 Å². The molecule has 4 rings (SSSR count). The molecule has 172 valence electrons. The first-order chi connectivity index (χ1) is 15.0. The molecule has 0 unspecified atom stereocenters. The van der Waals surface area contributed by atoms with Gasteiger partial charge in [0.05, 0.1) is 29.6 Å². The van der Waals surface area contributed by atoms with Crippen LogP contribution in [0.15, 0.2) is 36.5 Å². The third-order valence-corrected chi connectivity index (χ3v) is 5.59. The van der Waals surface area contributed by atoms with Gasteiger partial charge in [-0.2, -0.15) is 26.3 Å². The molecule has 0 aliphatic heterocycles. The Morgan fingerprint density at radius 1 is 1.03 bits per heavy atom. The van der Waals surface area contributed by atoms with Crippen LogP contribution in [-0.4, -0.2) is 38.0 Å². The maximum Gasteiger partial charge on any atom is 0.416 e. The minimum atomic E-state index is -4.77. The number of nitrogens with zero attached hydrogens (tertiary/aromatic N) is 3. The van der Waals surface area contributed by atoms with E-state index in [2.05, 4.69) is 15.5 Å². The first-order valence-corrected chi connectivity index (χ1v) is 10.1. The molecule has 32 heavy (non-hydrogen) atoms. The van der Waals surface area contributed by atoms with Crippen molar-refractivity contribution in [3.8, 4) is 11.3 Å². The third kappa shape index (κ3) is 4.67. The van der Waals surface area contributed by atoms with Crippen molar-refractivity contribution in [2.45, 2.75) is 56.6 Å². The molecule has 0 bridgehead atoms. The van der Waals surface area contributed by atoms with Crippen molar-refractivity contribution >= 4 is 11.5 Å². The Morgan fingerprint density at radius 2 is 1.78 bits per heavy atom. The number of fused-ring (bicyclic) bond motifs is 1. The SMILES string of the molecule is O[C@H]1CCCC[C@@H]1Nc1nnc(-c2ccc(C(F)(F)F)cc2CC(F)(F)F)c2cccn12. The van der Waals surface area contributed by atoms with Crippen LogP contribution in [0.3, 0.4) is 0 Å². The van der Waals surface area contributed by atoms with Gasteiger partial charge in [0.15, 0.2) is 0 Å². The predicted octanol–water partition coefficient (Wildman–Crippen LogP) is 5.24. The van der Waals surface area contributed by atoms with E-state index in [4.69, 9.17) is 0 Å². The summed E-state index contributed by atoms with van der Waals surface area (Å²) >= 11 is 0. The standard InChI is InChI=1S/C21H20F6N4O/c22-20(23,24)11-12-10-13(21(25,26)27)7-8-14(12)18-16-5-3-9-31(16)19(30-29-18)28-15-4-1-2-6-17(15)32/h3,5,7-10,15,17,32H,1-2,4,6,11H2,(H,28,30)/t15-,17-/m0/s1. The van der Waals surface area contributed by atoms with Crippen LogP contribution in [0.5, 0.6) is 0 Å². The summed E-state index contributed by atoms with van der Waals surface area (Å²) in [4.78, 5) is 0. The quantitative estimate of drug-likeness (QED) is 0.526. The van der Waals surface area contributed by atoms with Gasteiger partial charge in [-0.15, -0.1) is 10.2 Å². The summed E-state index contributed by atoms with van der Waals surface area (Å²) < 4.78 is 80.3. The summed E-state index contributed by atoms with van der Waals surface area (Å²) in [6.07, 6.45) is -6.74. The van der Waals surface area contributed by atoms with Crippen molar-refractivity contribution in [2.75, 3.05) is 5.32 Å². The number of aliphatic hydroxyl groups is 1. The van der Waals surface area contributed by atoms with Crippen LogP contribution in [-0.2, 0) is 12.6 Å². The zero-order valence-electron chi connectivity index (χ0n) is 16.7. The number of rotatable bonds is 4. The fourth-order valence-corrected chi connectivity index (χ4v) is 4.05. The van der Waals surface area contributed by atoms with E-state index in [9.17, 15) is 31.4 Å². The predicted molar refractivity (Wildman–Crippen MR) is 105 cm³/mol. The first kappa shape index (κ1) is 22.4. The van der Waals surface area contributed by atoms with Crippen LogP contribution in [0, 0.1) is 0 Å². The van der Waals surface area contributed by atoms with E-state index in [-0.39, 0.29) is 17.3 Å². The Labute approximate surface area is 179 Å². The zero-order valence-corrected chi connectivity index (χ0v) is 16.7. The van der Waals surface area contributed by atoms with Crippen LogP contribution < -0.4 is 5.32 Å². The summed E-state index contributed by atoms with van der Waals surface area (Å²) in [6.45, 7) is 0. The number of nitrogens with one attached hydrogen (secondary N) is 1. The zero-order chi connectivity index (χ0) is 23.1. The maximum atomic E-state index is 13.1. The van der Waals surface area contributed by atoms with Gasteiger partial charge in [0.25, 0.3) is 0 Å². The smallest absolute Gasteiger partial charge is 0.391 e. The Hall–Kier alpha value is -2.82. The number of anilines is 1. The number of aromatic nitrogens is 3. The molecule has 1 aliphatic carbocycles.